The van der Waals surface area contributed by atoms with E-state index in [-0.39, 0.29) is 17.7 Å². The van der Waals surface area contributed by atoms with E-state index >= 15 is 0 Å². The number of amides is 1. The van der Waals surface area contributed by atoms with Gasteiger partial charge in [-0.2, -0.15) is 0 Å². The van der Waals surface area contributed by atoms with Gasteiger partial charge in [0.2, 0.25) is 5.91 Å². The van der Waals surface area contributed by atoms with Gasteiger partial charge in [-0.15, -0.1) is 0 Å². The van der Waals surface area contributed by atoms with Gasteiger partial charge in [-0.05, 0) is 52.4 Å². The zero-order valence-corrected chi connectivity index (χ0v) is 13.3. The lowest BCUT2D eigenvalue weighted by Crippen LogP contribution is -2.36. The maximum Gasteiger partial charge on any atom is 0.307 e. The molecule has 1 aromatic rings. The second-order valence-electron chi connectivity index (χ2n) is 5.46. The van der Waals surface area contributed by atoms with Crippen molar-refractivity contribution in [3.8, 4) is 0 Å². The van der Waals surface area contributed by atoms with Crippen molar-refractivity contribution < 1.29 is 14.7 Å². The highest BCUT2D eigenvalue weighted by Gasteiger charge is 2.51. The van der Waals surface area contributed by atoms with Crippen molar-refractivity contribution in [3.63, 3.8) is 0 Å². The van der Waals surface area contributed by atoms with Gasteiger partial charge in [0.25, 0.3) is 0 Å². The molecule has 2 aliphatic rings. The van der Waals surface area contributed by atoms with Crippen molar-refractivity contribution in [1.29, 1.82) is 0 Å². The maximum atomic E-state index is 12.5. The van der Waals surface area contributed by atoms with E-state index in [4.69, 9.17) is 11.6 Å². The Labute approximate surface area is 135 Å². The van der Waals surface area contributed by atoms with Crippen LogP contribution in [0.1, 0.15) is 6.42 Å². The Bertz CT molecular complexity index is 646. The van der Waals surface area contributed by atoms with E-state index in [1.807, 2.05) is 12.2 Å². The molecule has 1 aromatic carbocycles. The molecule has 1 amide bonds. The first-order valence-electron chi connectivity index (χ1n) is 6.64. The van der Waals surface area contributed by atoms with Crippen LogP contribution in [-0.2, 0) is 9.59 Å². The minimum Gasteiger partial charge on any atom is -0.481 e. The number of carbonyl (C=O) groups is 2. The lowest BCUT2D eigenvalue weighted by molar-refractivity contribution is -0.146. The highest BCUT2D eigenvalue weighted by Crippen LogP contribution is 2.48. The lowest BCUT2D eigenvalue weighted by Gasteiger charge is -2.23. The predicted molar refractivity (Wildman–Crippen MR) is 83.1 cm³/mol. The topological polar surface area (TPSA) is 66.4 Å². The van der Waals surface area contributed by atoms with Crippen molar-refractivity contribution in [2.24, 2.45) is 23.7 Å². The molecule has 0 unspecified atom stereocenters. The molecule has 6 heteroatoms. The third kappa shape index (κ3) is 2.60. The Kier molecular flexibility index (Phi) is 3.80. The van der Waals surface area contributed by atoms with E-state index in [0.717, 1.165) is 10.9 Å². The first kappa shape index (κ1) is 14.6. The number of benzene rings is 1. The van der Waals surface area contributed by atoms with E-state index in [1.165, 1.54) is 0 Å². The second-order valence-corrected chi connectivity index (χ2v) is 6.72. The van der Waals surface area contributed by atoms with Gasteiger partial charge in [-0.1, -0.05) is 23.8 Å². The van der Waals surface area contributed by atoms with Crippen LogP contribution in [0.25, 0.3) is 0 Å². The van der Waals surface area contributed by atoms with Crippen LogP contribution < -0.4 is 5.32 Å². The van der Waals surface area contributed by atoms with Crippen molar-refractivity contribution >= 4 is 45.1 Å². The summed E-state index contributed by atoms with van der Waals surface area (Å²) in [7, 11) is 0. The number of hydrogen-bond donors (Lipinski definition) is 2. The summed E-state index contributed by atoms with van der Waals surface area (Å²) in [5, 5.41) is 12.6. The van der Waals surface area contributed by atoms with Crippen LogP contribution in [0.4, 0.5) is 5.69 Å². The Balaban J connectivity index is 1.80. The van der Waals surface area contributed by atoms with Gasteiger partial charge < -0.3 is 10.4 Å². The summed E-state index contributed by atoms with van der Waals surface area (Å²) in [5.74, 6) is -2.32. The summed E-state index contributed by atoms with van der Waals surface area (Å²) < 4.78 is 0.744. The number of allylic oxidation sites excluding steroid dienone is 2. The molecule has 0 spiro atoms. The summed E-state index contributed by atoms with van der Waals surface area (Å²) in [6, 6.07) is 5.11. The van der Waals surface area contributed by atoms with E-state index in [1.54, 1.807) is 18.2 Å². The monoisotopic (exact) mass is 369 g/mol. The van der Waals surface area contributed by atoms with Gasteiger partial charge in [0.1, 0.15) is 0 Å². The highest BCUT2D eigenvalue weighted by atomic mass is 79.9. The molecule has 3 rings (SSSR count). The average molecular weight is 371 g/mol. The van der Waals surface area contributed by atoms with Gasteiger partial charge in [0.05, 0.1) is 16.9 Å². The van der Waals surface area contributed by atoms with E-state index in [9.17, 15) is 14.7 Å². The third-order valence-electron chi connectivity index (χ3n) is 4.23. The molecule has 0 saturated heterocycles. The molecule has 1 saturated carbocycles. The lowest BCUT2D eigenvalue weighted by atomic mass is 9.82. The molecular weight excluding hydrogens is 358 g/mol. The number of nitrogens with one attached hydrogen (secondary N) is 1. The normalized spacial score (nSPS) is 29.6. The number of anilines is 1. The minimum atomic E-state index is -0.902. The number of rotatable bonds is 3. The standard InChI is InChI=1S/C15H13BrClNO3/c16-10-4-3-9(6-11(10)17)18-14(19)12-7-1-2-8(5-7)13(12)15(20)21/h1-4,6-8,12-13H,5H2,(H,18,19)(H,20,21)/t7-,8-,12-,13+/m0/s1. The van der Waals surface area contributed by atoms with Crippen molar-refractivity contribution in [3.05, 3.63) is 39.8 Å². The van der Waals surface area contributed by atoms with Crippen molar-refractivity contribution in [2.75, 3.05) is 5.32 Å². The van der Waals surface area contributed by atoms with Crippen LogP contribution in [-0.4, -0.2) is 17.0 Å². The molecule has 110 valence electrons. The molecule has 0 aromatic heterocycles. The third-order valence-corrected chi connectivity index (χ3v) is 5.47. The summed E-state index contributed by atoms with van der Waals surface area (Å²) in [6.07, 6.45) is 4.63. The maximum absolute atomic E-state index is 12.5. The Hall–Kier alpha value is -1.33. The van der Waals surface area contributed by atoms with Crippen molar-refractivity contribution in [2.45, 2.75) is 6.42 Å². The van der Waals surface area contributed by atoms with Crippen LogP contribution >= 0.6 is 27.5 Å². The van der Waals surface area contributed by atoms with Gasteiger partial charge in [-0.25, -0.2) is 0 Å². The van der Waals surface area contributed by atoms with Gasteiger partial charge >= 0.3 is 5.97 Å². The summed E-state index contributed by atoms with van der Waals surface area (Å²) in [5.41, 5.74) is 0.573. The van der Waals surface area contributed by atoms with Crippen LogP contribution in [0.3, 0.4) is 0 Å². The number of fused-ring (bicyclic) bond motifs is 2. The molecule has 21 heavy (non-hydrogen) atoms. The van der Waals surface area contributed by atoms with Crippen LogP contribution in [0.2, 0.25) is 5.02 Å². The SMILES string of the molecule is O=C(Nc1ccc(Br)c(Cl)c1)[C@@H]1[C@H](C(=O)O)[C@H]2C=C[C@H]1C2. The van der Waals surface area contributed by atoms with Crippen LogP contribution in [0, 0.1) is 23.7 Å². The molecule has 1 fully saturated rings. The molecular formula is C15H13BrClNO3. The molecule has 4 atom stereocenters. The quantitative estimate of drug-likeness (QED) is 0.800. The summed E-state index contributed by atoms with van der Waals surface area (Å²) in [4.78, 5) is 23.9. The first-order chi connectivity index (χ1) is 9.97. The van der Waals surface area contributed by atoms with Crippen LogP contribution in [0.15, 0.2) is 34.8 Å². The van der Waals surface area contributed by atoms with Gasteiger partial charge in [0.15, 0.2) is 0 Å². The predicted octanol–water partition coefficient (Wildman–Crippen LogP) is 3.56. The van der Waals surface area contributed by atoms with Gasteiger partial charge in [-0.3, -0.25) is 9.59 Å². The summed E-state index contributed by atoms with van der Waals surface area (Å²) in [6.45, 7) is 0. The van der Waals surface area contributed by atoms with Gasteiger partial charge in [0, 0.05) is 10.2 Å². The first-order valence-corrected chi connectivity index (χ1v) is 7.81. The number of carbonyl (C=O) groups excluding carboxylic acids is 1. The molecule has 0 aliphatic heterocycles. The van der Waals surface area contributed by atoms with Crippen LogP contribution in [0.5, 0.6) is 0 Å². The fourth-order valence-corrected chi connectivity index (χ4v) is 3.74. The van der Waals surface area contributed by atoms with E-state index < -0.39 is 17.8 Å². The fraction of sp³-hybridized carbons (Fsp3) is 0.333. The van der Waals surface area contributed by atoms with E-state index in [2.05, 4.69) is 21.2 Å². The molecule has 4 nitrogen and oxygen atoms in total. The largest absolute Gasteiger partial charge is 0.481 e. The zero-order chi connectivity index (χ0) is 15.1. The number of carboxylic acids is 1. The number of carboxylic acid groups (broad SMARTS) is 1. The second kappa shape index (κ2) is 5.46. The average Bonchev–Trinajstić information content (AvgIpc) is 3.03. The Morgan fingerprint density at radius 1 is 1.24 bits per heavy atom. The Morgan fingerprint density at radius 3 is 2.52 bits per heavy atom. The number of hydrogen-bond acceptors (Lipinski definition) is 2. The number of halogens is 2. The molecule has 0 radical (unpaired) electrons. The van der Waals surface area contributed by atoms with Crippen molar-refractivity contribution in [1.82, 2.24) is 0 Å². The Morgan fingerprint density at radius 2 is 1.90 bits per heavy atom. The summed E-state index contributed by atoms with van der Waals surface area (Å²) >= 11 is 9.28. The minimum absolute atomic E-state index is 0.0158. The number of aliphatic carboxylic acids is 1. The molecule has 2 aliphatic carbocycles. The fourth-order valence-electron chi connectivity index (χ4n) is 3.32. The zero-order valence-electron chi connectivity index (χ0n) is 10.9. The highest BCUT2D eigenvalue weighted by molar-refractivity contribution is 9.10. The molecule has 2 N–H and O–H groups in total. The smallest absolute Gasteiger partial charge is 0.307 e. The van der Waals surface area contributed by atoms with E-state index in [0.29, 0.717) is 10.7 Å². The molecule has 0 heterocycles. The molecule has 2 bridgehead atoms.